The van der Waals surface area contributed by atoms with E-state index in [2.05, 4.69) is 56.7 Å². The number of aryl methyl sites for hydroxylation is 1. The molecule has 20 nitrogen and oxygen atoms in total. The predicted octanol–water partition coefficient (Wildman–Crippen LogP) is 4.94. The molecule has 4 aromatic heterocycles. The number of hydrogen-bond donors (Lipinski definition) is 3. The molecule has 22 heteroatoms. The van der Waals surface area contributed by atoms with E-state index in [0.717, 1.165) is 42.0 Å². The van der Waals surface area contributed by atoms with E-state index in [-0.39, 0.29) is 36.3 Å². The van der Waals surface area contributed by atoms with Crippen LogP contribution in [0.2, 0.25) is 0 Å². The van der Waals surface area contributed by atoms with Gasteiger partial charge in [0, 0.05) is 48.6 Å². The van der Waals surface area contributed by atoms with E-state index in [1.807, 2.05) is 4.90 Å². The summed E-state index contributed by atoms with van der Waals surface area (Å²) in [5.74, 6) is -0.679. The number of rotatable bonds is 5. The summed E-state index contributed by atoms with van der Waals surface area (Å²) >= 11 is 6.30. The van der Waals surface area contributed by atoms with E-state index in [9.17, 15) is 30.3 Å². The molecule has 0 atom stereocenters. The van der Waals surface area contributed by atoms with Crippen LogP contribution >= 0.6 is 31.9 Å². The van der Waals surface area contributed by atoms with Gasteiger partial charge in [0.2, 0.25) is 0 Å². The summed E-state index contributed by atoms with van der Waals surface area (Å²) in [4.78, 5) is 48.8. The van der Waals surface area contributed by atoms with Crippen molar-refractivity contribution in [3.63, 3.8) is 0 Å². The Balaban J connectivity index is 0.000000246. The third kappa shape index (κ3) is 13.4. The lowest BCUT2D eigenvalue weighted by atomic mass is 10.2. The fraction of sp³-hybridized carbons (Fsp3) is 0.333. The highest BCUT2D eigenvalue weighted by Gasteiger charge is 2.19. The Bertz CT molecular complexity index is 1720. The van der Waals surface area contributed by atoms with Crippen LogP contribution in [0.4, 0.5) is 45.9 Å². The first-order valence-electron chi connectivity index (χ1n) is 14.8. The maximum atomic E-state index is 10.6. The van der Waals surface area contributed by atoms with Crippen molar-refractivity contribution in [2.75, 3.05) is 79.6 Å². The van der Waals surface area contributed by atoms with Gasteiger partial charge in [0.15, 0.2) is 18.6 Å². The molecule has 0 saturated carbocycles. The number of morpholine rings is 2. The standard InChI is InChI=1S/C10H13N3O3.C9H12N4O3.C5H4BrN3O2.C5H5BrN2.CH4/c1-8-6-9(7-11-10(8)13(14)15)12-2-4-16-5-3-12;10-8-5-7(6-11-9(8)13(14)15)12-1-3-16-4-2-12;6-3-1-4(7)5(8-2-3)9(10)11;6-4-1-5(7)3-8-2-4;/h6-7H,2-5H2,1H3;5-6H,1-4,10H2;1-2H,7H2;1-3H,7H2;1H4. The van der Waals surface area contributed by atoms with Crippen molar-refractivity contribution in [3.8, 4) is 0 Å². The predicted molar refractivity (Wildman–Crippen MR) is 203 cm³/mol. The Kier molecular flexibility index (Phi) is 17.4. The van der Waals surface area contributed by atoms with Gasteiger partial charge in [-0.05, 0) is 92.8 Å². The zero-order valence-corrected chi connectivity index (χ0v) is 30.3. The zero-order valence-electron chi connectivity index (χ0n) is 27.1. The molecule has 2 aliphatic rings. The molecule has 0 aromatic carbocycles. The van der Waals surface area contributed by atoms with Crippen LogP contribution in [0.15, 0.2) is 64.2 Å². The molecule has 4 aromatic rings. The van der Waals surface area contributed by atoms with Gasteiger partial charge in [0.05, 0.1) is 48.0 Å². The third-order valence-corrected chi connectivity index (χ3v) is 7.64. The van der Waals surface area contributed by atoms with Crippen molar-refractivity contribution in [2.45, 2.75) is 14.4 Å². The molecule has 2 aliphatic heterocycles. The van der Waals surface area contributed by atoms with Crippen LogP contribution in [0.25, 0.3) is 0 Å². The minimum Gasteiger partial charge on any atom is -0.397 e. The summed E-state index contributed by atoms with van der Waals surface area (Å²) in [6.07, 6.45) is 7.64. The number of hydrogen-bond acceptors (Lipinski definition) is 17. The van der Waals surface area contributed by atoms with Crippen LogP contribution in [0.3, 0.4) is 0 Å². The maximum Gasteiger partial charge on any atom is 0.386 e. The van der Waals surface area contributed by atoms with Gasteiger partial charge in [0.25, 0.3) is 0 Å². The number of pyridine rings is 4. The number of aromatic nitrogens is 4. The monoisotopic (exact) mass is 852 g/mol. The highest BCUT2D eigenvalue weighted by molar-refractivity contribution is 9.10. The number of anilines is 5. The molecule has 0 radical (unpaired) electrons. The van der Waals surface area contributed by atoms with Gasteiger partial charge in [-0.1, -0.05) is 7.43 Å². The molecule has 52 heavy (non-hydrogen) atoms. The summed E-state index contributed by atoms with van der Waals surface area (Å²) in [5, 5.41) is 31.3. The first kappa shape index (κ1) is 42.8. The summed E-state index contributed by atoms with van der Waals surface area (Å²) in [6, 6.07) is 6.62. The van der Waals surface area contributed by atoms with E-state index < -0.39 is 14.8 Å². The summed E-state index contributed by atoms with van der Waals surface area (Å²) in [7, 11) is 0. The molecule has 0 unspecified atom stereocenters. The van der Waals surface area contributed by atoms with Crippen LogP contribution in [-0.2, 0) is 9.47 Å². The van der Waals surface area contributed by atoms with Gasteiger partial charge in [0.1, 0.15) is 11.4 Å². The van der Waals surface area contributed by atoms with Crippen molar-refractivity contribution < 1.29 is 24.2 Å². The van der Waals surface area contributed by atoms with Crippen LogP contribution < -0.4 is 27.0 Å². The minimum absolute atomic E-state index is 0. The van der Waals surface area contributed by atoms with E-state index in [0.29, 0.717) is 42.2 Å². The van der Waals surface area contributed by atoms with Gasteiger partial charge in [-0.2, -0.15) is 0 Å². The Morgan fingerprint density at radius 2 is 1.06 bits per heavy atom. The Hall–Kier alpha value is -5.32. The van der Waals surface area contributed by atoms with Gasteiger partial charge < -0.3 is 66.8 Å². The lowest BCUT2D eigenvalue weighted by molar-refractivity contribution is -0.390. The van der Waals surface area contributed by atoms with Crippen molar-refractivity contribution in [3.05, 3.63) is 100 Å². The molecule has 0 amide bonds. The molecule has 6 heterocycles. The molecule has 6 N–H and O–H groups in total. The van der Waals surface area contributed by atoms with E-state index in [1.165, 1.54) is 18.5 Å². The van der Waals surface area contributed by atoms with Crippen molar-refractivity contribution in [2.24, 2.45) is 0 Å². The van der Waals surface area contributed by atoms with Crippen LogP contribution in [-0.4, -0.2) is 87.3 Å². The second-order valence-corrected chi connectivity index (χ2v) is 12.2. The number of halogens is 2. The molecule has 0 spiro atoms. The van der Waals surface area contributed by atoms with Gasteiger partial charge >= 0.3 is 17.5 Å². The SMILES string of the molecule is C.Cc1cc(N2CCOCC2)cnc1[N+](=O)[O-].Nc1cc(Br)cnc1[N+](=O)[O-].Nc1cc(N2CCOCC2)cnc1[N+](=O)[O-].Nc1cncc(Br)c1. The fourth-order valence-electron chi connectivity index (χ4n) is 4.38. The molecule has 280 valence electrons. The second-order valence-electron chi connectivity index (χ2n) is 10.4. The third-order valence-electron chi connectivity index (χ3n) is 6.78. The van der Waals surface area contributed by atoms with E-state index in [4.69, 9.17) is 26.7 Å². The van der Waals surface area contributed by atoms with Gasteiger partial charge in [-0.15, -0.1) is 0 Å². The molecule has 2 saturated heterocycles. The van der Waals surface area contributed by atoms with Gasteiger partial charge in [-0.25, -0.2) is 0 Å². The lowest BCUT2D eigenvalue weighted by Gasteiger charge is -2.27. The van der Waals surface area contributed by atoms with Crippen molar-refractivity contribution >= 4 is 77.8 Å². The van der Waals surface area contributed by atoms with E-state index in [1.54, 1.807) is 43.7 Å². The molecular weight excluding hydrogens is 816 g/mol. The number of nitrogens with two attached hydrogens (primary N) is 3. The van der Waals surface area contributed by atoms with Crippen molar-refractivity contribution in [1.29, 1.82) is 0 Å². The molecular formula is C30H38Br2N12O8. The fourth-order valence-corrected chi connectivity index (χ4v) is 5.11. The Labute approximate surface area is 315 Å². The first-order chi connectivity index (χ1) is 24.3. The number of nitro groups is 3. The Morgan fingerprint density at radius 3 is 1.44 bits per heavy atom. The second kappa shape index (κ2) is 21.1. The summed E-state index contributed by atoms with van der Waals surface area (Å²) in [5.41, 5.74) is 19.4. The minimum atomic E-state index is -0.623. The van der Waals surface area contributed by atoms with Crippen LogP contribution in [0, 0.1) is 37.3 Å². The largest absolute Gasteiger partial charge is 0.397 e. The normalized spacial score (nSPS) is 13.4. The van der Waals surface area contributed by atoms with Crippen LogP contribution in [0.5, 0.6) is 0 Å². The summed E-state index contributed by atoms with van der Waals surface area (Å²) in [6.45, 7) is 7.49. The van der Waals surface area contributed by atoms with Crippen molar-refractivity contribution in [1.82, 2.24) is 19.9 Å². The number of nitrogens with zero attached hydrogens (tertiary/aromatic N) is 9. The quantitative estimate of drug-likeness (QED) is 0.177. The number of nitrogen functional groups attached to an aromatic ring is 3. The average molecular weight is 855 g/mol. The smallest absolute Gasteiger partial charge is 0.386 e. The van der Waals surface area contributed by atoms with Crippen LogP contribution in [0.1, 0.15) is 13.0 Å². The highest BCUT2D eigenvalue weighted by atomic mass is 79.9. The molecule has 6 rings (SSSR count). The molecule has 2 fully saturated rings. The number of ether oxygens (including phenoxy) is 2. The molecule has 0 aliphatic carbocycles. The van der Waals surface area contributed by atoms with Gasteiger partial charge in [-0.3, -0.25) is 4.98 Å². The molecule has 0 bridgehead atoms. The Morgan fingerprint density at radius 1 is 0.635 bits per heavy atom. The first-order valence-corrected chi connectivity index (χ1v) is 16.4. The summed E-state index contributed by atoms with van der Waals surface area (Å²) < 4.78 is 12.0. The van der Waals surface area contributed by atoms with E-state index >= 15 is 0 Å². The maximum absolute atomic E-state index is 10.6. The highest BCUT2D eigenvalue weighted by Crippen LogP contribution is 2.25. The average Bonchev–Trinajstić information content (AvgIpc) is 3.09. The lowest BCUT2D eigenvalue weighted by Crippen LogP contribution is -2.36. The topological polar surface area (TPSA) is 284 Å². The zero-order chi connectivity index (χ0) is 37.5.